The number of likely N-dealkylation sites (N-methyl/N-ethyl adjacent to an activating group) is 1. The van der Waals surface area contributed by atoms with Crippen molar-refractivity contribution in [2.45, 2.75) is 26.5 Å². The Morgan fingerprint density at radius 3 is 2.71 bits per heavy atom. The number of anilines is 1. The third kappa shape index (κ3) is 6.66. The lowest BCUT2D eigenvalue weighted by Crippen LogP contribution is -2.33. The quantitative estimate of drug-likeness (QED) is 0.735. The van der Waals surface area contributed by atoms with Crippen LogP contribution in [0.4, 0.5) is 5.69 Å². The number of methoxy groups -OCH3 is 1. The first-order valence-electron chi connectivity index (χ1n) is 7.31. The van der Waals surface area contributed by atoms with E-state index in [2.05, 4.69) is 19.2 Å². The third-order valence-electron chi connectivity index (χ3n) is 3.17. The van der Waals surface area contributed by atoms with Crippen LogP contribution in [0.2, 0.25) is 5.02 Å². The summed E-state index contributed by atoms with van der Waals surface area (Å²) >= 11 is 6.11. The number of aliphatic hydroxyl groups is 1. The Bertz CT molecular complexity index is 427. The van der Waals surface area contributed by atoms with Crippen molar-refractivity contribution < 1.29 is 9.84 Å². The second-order valence-electron chi connectivity index (χ2n) is 5.79. The zero-order valence-corrected chi connectivity index (χ0v) is 14.2. The average Bonchev–Trinajstić information content (AvgIpc) is 2.40. The van der Waals surface area contributed by atoms with Gasteiger partial charge in [-0.05, 0) is 30.2 Å². The highest BCUT2D eigenvalue weighted by atomic mass is 35.5. The Morgan fingerprint density at radius 2 is 2.10 bits per heavy atom. The lowest BCUT2D eigenvalue weighted by atomic mass is 10.1. The lowest BCUT2D eigenvalue weighted by Gasteiger charge is -2.25. The van der Waals surface area contributed by atoms with Gasteiger partial charge >= 0.3 is 0 Å². The molecular weight excluding hydrogens is 288 g/mol. The summed E-state index contributed by atoms with van der Waals surface area (Å²) in [4.78, 5) is 2.02. The van der Waals surface area contributed by atoms with E-state index in [0.717, 1.165) is 18.8 Å². The van der Waals surface area contributed by atoms with E-state index in [1.165, 1.54) is 5.56 Å². The van der Waals surface area contributed by atoms with E-state index in [1.807, 2.05) is 30.1 Å². The molecule has 0 saturated heterocycles. The highest BCUT2D eigenvalue weighted by molar-refractivity contribution is 6.30. The Balaban J connectivity index is 2.75. The summed E-state index contributed by atoms with van der Waals surface area (Å²) in [5.74, 6) is 0.613. The number of aliphatic hydroxyl groups excluding tert-OH is 1. The molecule has 0 aliphatic carbocycles. The fraction of sp³-hybridized carbons (Fsp3) is 0.625. The number of hydrogen-bond acceptors (Lipinski definition) is 4. The molecule has 0 fully saturated rings. The molecule has 21 heavy (non-hydrogen) atoms. The van der Waals surface area contributed by atoms with Crippen LogP contribution in [-0.4, -0.2) is 45.1 Å². The van der Waals surface area contributed by atoms with Crippen LogP contribution in [0.5, 0.6) is 0 Å². The molecule has 120 valence electrons. The number of nitrogens with zero attached hydrogens (tertiary/aromatic N) is 1. The Kier molecular flexibility index (Phi) is 8.04. The van der Waals surface area contributed by atoms with Crippen molar-refractivity contribution in [3.63, 3.8) is 0 Å². The van der Waals surface area contributed by atoms with Gasteiger partial charge in [0.05, 0.1) is 12.7 Å². The predicted molar refractivity (Wildman–Crippen MR) is 89.1 cm³/mol. The molecule has 0 saturated carbocycles. The molecule has 1 rings (SSSR count). The summed E-state index contributed by atoms with van der Waals surface area (Å²) in [6.45, 7) is 6.96. The molecule has 0 aliphatic rings. The molecular formula is C16H27ClN2O2. The molecule has 0 spiro atoms. The molecule has 4 nitrogen and oxygen atoms in total. The van der Waals surface area contributed by atoms with Crippen LogP contribution < -0.4 is 10.2 Å². The minimum atomic E-state index is -0.518. The SMILES string of the molecule is COCC(O)CN(C)c1cc(Cl)ccc1CNCC(C)C. The van der Waals surface area contributed by atoms with Crippen molar-refractivity contribution >= 4 is 17.3 Å². The fourth-order valence-corrected chi connectivity index (χ4v) is 2.36. The van der Waals surface area contributed by atoms with Crippen molar-refractivity contribution in [2.75, 3.05) is 38.8 Å². The molecule has 0 radical (unpaired) electrons. The molecule has 0 aliphatic heterocycles. The number of rotatable bonds is 9. The van der Waals surface area contributed by atoms with E-state index in [0.29, 0.717) is 24.1 Å². The zero-order valence-electron chi connectivity index (χ0n) is 13.4. The van der Waals surface area contributed by atoms with Crippen LogP contribution >= 0.6 is 11.6 Å². The van der Waals surface area contributed by atoms with Crippen molar-refractivity contribution in [1.29, 1.82) is 0 Å². The van der Waals surface area contributed by atoms with E-state index in [4.69, 9.17) is 16.3 Å². The average molecular weight is 315 g/mol. The molecule has 1 aromatic carbocycles. The van der Waals surface area contributed by atoms with Gasteiger partial charge in [0.1, 0.15) is 0 Å². The predicted octanol–water partition coefficient (Wildman–Crippen LogP) is 2.53. The standard InChI is InChI=1S/C16H27ClN2O2/c1-12(2)8-18-9-13-5-6-14(17)7-16(13)19(3)10-15(20)11-21-4/h5-7,12,15,18,20H,8-11H2,1-4H3. The van der Waals surface area contributed by atoms with Crippen LogP contribution in [0.3, 0.4) is 0 Å². The maximum absolute atomic E-state index is 9.87. The summed E-state index contributed by atoms with van der Waals surface area (Å²) in [6, 6.07) is 5.87. The Labute approximate surface area is 133 Å². The van der Waals surface area contributed by atoms with Gasteiger partial charge in [-0.25, -0.2) is 0 Å². The molecule has 0 heterocycles. The maximum Gasteiger partial charge on any atom is 0.0947 e. The largest absolute Gasteiger partial charge is 0.389 e. The van der Waals surface area contributed by atoms with Gasteiger partial charge in [0.25, 0.3) is 0 Å². The van der Waals surface area contributed by atoms with Gasteiger partial charge in [0.15, 0.2) is 0 Å². The van der Waals surface area contributed by atoms with E-state index in [9.17, 15) is 5.11 Å². The van der Waals surface area contributed by atoms with Crippen LogP contribution in [0.15, 0.2) is 18.2 Å². The highest BCUT2D eigenvalue weighted by Crippen LogP contribution is 2.24. The molecule has 5 heteroatoms. The van der Waals surface area contributed by atoms with E-state index in [1.54, 1.807) is 7.11 Å². The normalized spacial score (nSPS) is 12.7. The van der Waals surface area contributed by atoms with Gasteiger partial charge in [0.2, 0.25) is 0 Å². The first-order valence-corrected chi connectivity index (χ1v) is 7.69. The summed E-state index contributed by atoms with van der Waals surface area (Å²) in [6.07, 6.45) is -0.518. The van der Waals surface area contributed by atoms with Crippen LogP contribution in [0.25, 0.3) is 0 Å². The number of nitrogens with one attached hydrogen (secondary N) is 1. The molecule has 1 aromatic rings. The number of ether oxygens (including phenoxy) is 1. The molecule has 1 atom stereocenters. The van der Waals surface area contributed by atoms with E-state index < -0.39 is 6.10 Å². The van der Waals surface area contributed by atoms with Gasteiger partial charge in [-0.1, -0.05) is 31.5 Å². The van der Waals surface area contributed by atoms with Crippen molar-refractivity contribution in [3.8, 4) is 0 Å². The molecule has 0 aromatic heterocycles. The van der Waals surface area contributed by atoms with Crippen molar-refractivity contribution in [1.82, 2.24) is 5.32 Å². The van der Waals surface area contributed by atoms with Gasteiger partial charge in [-0.2, -0.15) is 0 Å². The summed E-state index contributed by atoms with van der Waals surface area (Å²) in [5, 5.41) is 14.0. The van der Waals surface area contributed by atoms with Crippen molar-refractivity contribution in [2.24, 2.45) is 5.92 Å². The highest BCUT2D eigenvalue weighted by Gasteiger charge is 2.12. The Morgan fingerprint density at radius 1 is 1.38 bits per heavy atom. The number of hydrogen-bond donors (Lipinski definition) is 2. The van der Waals surface area contributed by atoms with Gasteiger partial charge in [-0.15, -0.1) is 0 Å². The van der Waals surface area contributed by atoms with E-state index >= 15 is 0 Å². The monoisotopic (exact) mass is 314 g/mol. The second-order valence-corrected chi connectivity index (χ2v) is 6.22. The topological polar surface area (TPSA) is 44.7 Å². The van der Waals surface area contributed by atoms with Gasteiger partial charge < -0.3 is 20.1 Å². The van der Waals surface area contributed by atoms with Gasteiger partial charge in [-0.3, -0.25) is 0 Å². The first-order chi connectivity index (χ1) is 9.93. The molecule has 0 amide bonds. The van der Waals surface area contributed by atoms with Crippen LogP contribution in [-0.2, 0) is 11.3 Å². The number of benzene rings is 1. The van der Waals surface area contributed by atoms with E-state index in [-0.39, 0.29) is 0 Å². The summed E-state index contributed by atoms with van der Waals surface area (Å²) in [5.41, 5.74) is 2.21. The van der Waals surface area contributed by atoms with Crippen LogP contribution in [0, 0.1) is 5.92 Å². The smallest absolute Gasteiger partial charge is 0.0947 e. The molecule has 0 bridgehead atoms. The third-order valence-corrected chi connectivity index (χ3v) is 3.41. The minimum Gasteiger partial charge on any atom is -0.389 e. The minimum absolute atomic E-state index is 0.325. The molecule has 2 N–H and O–H groups in total. The lowest BCUT2D eigenvalue weighted by molar-refractivity contribution is 0.0695. The first kappa shape index (κ1) is 18.2. The molecule has 1 unspecified atom stereocenters. The fourth-order valence-electron chi connectivity index (χ4n) is 2.20. The van der Waals surface area contributed by atoms with Crippen LogP contribution in [0.1, 0.15) is 19.4 Å². The Hall–Kier alpha value is -0.810. The van der Waals surface area contributed by atoms with Gasteiger partial charge in [0, 0.05) is 38.0 Å². The summed E-state index contributed by atoms with van der Waals surface area (Å²) < 4.78 is 4.97. The number of halogens is 1. The second kappa shape index (κ2) is 9.26. The zero-order chi connectivity index (χ0) is 15.8. The maximum atomic E-state index is 9.87. The van der Waals surface area contributed by atoms with Crippen molar-refractivity contribution in [3.05, 3.63) is 28.8 Å². The summed E-state index contributed by atoms with van der Waals surface area (Å²) in [7, 11) is 3.54.